The zero-order valence-corrected chi connectivity index (χ0v) is 11.0. The highest BCUT2D eigenvalue weighted by atomic mass is 15.3. The highest BCUT2D eigenvalue weighted by Crippen LogP contribution is 2.19. The molecule has 4 heteroatoms. The minimum atomic E-state index is 0.299. The van der Waals surface area contributed by atoms with Gasteiger partial charge in [-0.15, -0.1) is 0 Å². The minimum Gasteiger partial charge on any atom is -0.330 e. The summed E-state index contributed by atoms with van der Waals surface area (Å²) >= 11 is 0. The van der Waals surface area contributed by atoms with Crippen molar-refractivity contribution in [3.63, 3.8) is 0 Å². The van der Waals surface area contributed by atoms with Crippen LogP contribution in [0.5, 0.6) is 0 Å². The van der Waals surface area contributed by atoms with Gasteiger partial charge in [-0.05, 0) is 26.0 Å². The third-order valence-corrected chi connectivity index (χ3v) is 3.12. The molecule has 0 bridgehead atoms. The van der Waals surface area contributed by atoms with Gasteiger partial charge in [0.05, 0.1) is 0 Å². The molecule has 1 unspecified atom stereocenters. The number of hydrogen-bond acceptors (Lipinski definition) is 3. The molecular weight excluding hydrogens is 224 g/mol. The third kappa shape index (κ3) is 2.76. The second-order valence-electron chi connectivity index (χ2n) is 4.76. The summed E-state index contributed by atoms with van der Waals surface area (Å²) in [5, 5.41) is 4.26. The summed E-state index contributed by atoms with van der Waals surface area (Å²) < 4.78 is 1.96. The fourth-order valence-electron chi connectivity index (χ4n) is 2.13. The van der Waals surface area contributed by atoms with Crippen LogP contribution in [0.3, 0.4) is 0 Å². The van der Waals surface area contributed by atoms with E-state index in [-0.39, 0.29) is 0 Å². The Morgan fingerprint density at radius 3 is 2.56 bits per heavy atom. The van der Waals surface area contributed by atoms with Gasteiger partial charge in [-0.3, -0.25) is 0 Å². The van der Waals surface area contributed by atoms with Gasteiger partial charge in [-0.2, -0.15) is 5.10 Å². The summed E-state index contributed by atoms with van der Waals surface area (Å²) in [6.45, 7) is 4.84. The van der Waals surface area contributed by atoms with Crippen LogP contribution in [-0.2, 0) is 6.42 Å². The van der Waals surface area contributed by atoms with Gasteiger partial charge >= 0.3 is 0 Å². The molecule has 0 saturated carbocycles. The highest BCUT2D eigenvalue weighted by molar-refractivity contribution is 5.21. The average molecular weight is 244 g/mol. The monoisotopic (exact) mass is 244 g/mol. The lowest BCUT2D eigenvalue weighted by Gasteiger charge is -2.16. The van der Waals surface area contributed by atoms with Crippen LogP contribution in [-0.4, -0.2) is 21.3 Å². The first-order chi connectivity index (χ1) is 8.72. The summed E-state index contributed by atoms with van der Waals surface area (Å²) in [5.74, 6) is 1.30. The number of hydrogen-bond donors (Lipinski definition) is 1. The van der Waals surface area contributed by atoms with Crippen LogP contribution >= 0.6 is 0 Å². The molecule has 0 aliphatic rings. The van der Waals surface area contributed by atoms with E-state index in [0.717, 1.165) is 12.2 Å². The van der Waals surface area contributed by atoms with E-state index >= 15 is 0 Å². The molecule has 1 heterocycles. The van der Waals surface area contributed by atoms with E-state index in [0.29, 0.717) is 18.5 Å². The van der Waals surface area contributed by atoms with Gasteiger partial charge in [-0.25, -0.2) is 9.67 Å². The first kappa shape index (κ1) is 12.8. The molecule has 0 aliphatic carbocycles. The van der Waals surface area contributed by atoms with E-state index in [4.69, 9.17) is 5.73 Å². The molecule has 4 nitrogen and oxygen atoms in total. The van der Waals surface area contributed by atoms with Crippen LogP contribution in [0, 0.1) is 0 Å². The van der Waals surface area contributed by atoms with Crippen LogP contribution in [0.4, 0.5) is 0 Å². The second-order valence-corrected chi connectivity index (χ2v) is 4.76. The molecule has 1 aromatic carbocycles. The Labute approximate surface area is 108 Å². The van der Waals surface area contributed by atoms with Crippen molar-refractivity contribution in [2.75, 3.05) is 6.54 Å². The maximum absolute atomic E-state index is 5.89. The van der Waals surface area contributed by atoms with Crippen LogP contribution in [0.1, 0.15) is 37.2 Å². The van der Waals surface area contributed by atoms with Gasteiger partial charge in [-0.1, -0.05) is 30.3 Å². The Bertz CT molecular complexity index is 476. The standard InChI is InChI=1S/C14H20N4/c1-11(2)18-14(16-10-17-18)8-13(9-15)12-6-4-3-5-7-12/h3-7,10-11,13H,8-9,15H2,1-2H3. The van der Waals surface area contributed by atoms with Crippen molar-refractivity contribution in [1.29, 1.82) is 0 Å². The Hall–Kier alpha value is -1.68. The third-order valence-electron chi connectivity index (χ3n) is 3.12. The molecule has 2 rings (SSSR count). The SMILES string of the molecule is CC(C)n1ncnc1CC(CN)c1ccccc1. The number of nitrogens with zero attached hydrogens (tertiary/aromatic N) is 3. The van der Waals surface area contributed by atoms with Crippen molar-refractivity contribution in [3.8, 4) is 0 Å². The van der Waals surface area contributed by atoms with Crippen molar-refractivity contribution in [3.05, 3.63) is 48.0 Å². The molecule has 0 fully saturated rings. The van der Waals surface area contributed by atoms with Crippen LogP contribution in [0.2, 0.25) is 0 Å². The molecule has 96 valence electrons. The van der Waals surface area contributed by atoms with Gasteiger partial charge < -0.3 is 5.73 Å². The molecule has 2 N–H and O–H groups in total. The molecular formula is C14H20N4. The zero-order chi connectivity index (χ0) is 13.0. The summed E-state index contributed by atoms with van der Waals surface area (Å²) in [6.07, 6.45) is 2.45. The molecule has 0 radical (unpaired) electrons. The Morgan fingerprint density at radius 1 is 1.22 bits per heavy atom. The normalized spacial score (nSPS) is 12.9. The molecule has 0 aliphatic heterocycles. The maximum Gasteiger partial charge on any atom is 0.138 e. The molecule has 1 atom stereocenters. The van der Waals surface area contributed by atoms with E-state index < -0.39 is 0 Å². The van der Waals surface area contributed by atoms with Crippen molar-refractivity contribution < 1.29 is 0 Å². The Kier molecular flexibility index (Phi) is 4.10. The van der Waals surface area contributed by atoms with Crippen molar-refractivity contribution in [2.24, 2.45) is 5.73 Å². The molecule has 0 amide bonds. The topological polar surface area (TPSA) is 56.7 Å². The maximum atomic E-state index is 5.89. The zero-order valence-electron chi connectivity index (χ0n) is 11.0. The molecule has 18 heavy (non-hydrogen) atoms. The summed E-state index contributed by atoms with van der Waals surface area (Å²) in [6, 6.07) is 10.7. The molecule has 2 aromatic rings. The van der Waals surface area contributed by atoms with Crippen LogP contribution in [0.15, 0.2) is 36.7 Å². The summed E-state index contributed by atoms with van der Waals surface area (Å²) in [5.41, 5.74) is 7.15. The fraction of sp³-hybridized carbons (Fsp3) is 0.429. The summed E-state index contributed by atoms with van der Waals surface area (Å²) in [4.78, 5) is 4.35. The molecule has 0 spiro atoms. The molecule has 1 aromatic heterocycles. The first-order valence-corrected chi connectivity index (χ1v) is 6.35. The van der Waals surface area contributed by atoms with Crippen molar-refractivity contribution >= 4 is 0 Å². The fourth-order valence-corrected chi connectivity index (χ4v) is 2.13. The molecule has 0 saturated heterocycles. The highest BCUT2D eigenvalue weighted by Gasteiger charge is 2.15. The number of benzene rings is 1. The average Bonchev–Trinajstić information content (AvgIpc) is 2.85. The smallest absolute Gasteiger partial charge is 0.138 e. The van der Waals surface area contributed by atoms with Crippen molar-refractivity contribution in [2.45, 2.75) is 32.2 Å². The second kappa shape index (κ2) is 5.78. The minimum absolute atomic E-state index is 0.299. The lowest BCUT2D eigenvalue weighted by Crippen LogP contribution is -2.18. The summed E-state index contributed by atoms with van der Waals surface area (Å²) in [7, 11) is 0. The van der Waals surface area contributed by atoms with E-state index in [2.05, 4.69) is 36.1 Å². The van der Waals surface area contributed by atoms with Crippen LogP contribution < -0.4 is 5.73 Å². The first-order valence-electron chi connectivity index (χ1n) is 6.35. The number of aromatic nitrogens is 3. The lowest BCUT2D eigenvalue weighted by atomic mass is 9.95. The van der Waals surface area contributed by atoms with Gasteiger partial charge in [0.1, 0.15) is 12.2 Å². The lowest BCUT2D eigenvalue weighted by molar-refractivity contribution is 0.492. The number of rotatable bonds is 5. The Morgan fingerprint density at radius 2 is 1.94 bits per heavy atom. The van der Waals surface area contributed by atoms with Crippen molar-refractivity contribution in [1.82, 2.24) is 14.8 Å². The van der Waals surface area contributed by atoms with Gasteiger partial charge in [0.15, 0.2) is 0 Å². The van der Waals surface area contributed by atoms with E-state index in [1.807, 2.05) is 22.9 Å². The van der Waals surface area contributed by atoms with E-state index in [1.54, 1.807) is 6.33 Å². The predicted octanol–water partition coefficient (Wildman–Crippen LogP) is 2.14. The van der Waals surface area contributed by atoms with Gasteiger partial charge in [0.25, 0.3) is 0 Å². The van der Waals surface area contributed by atoms with Gasteiger partial charge in [0.2, 0.25) is 0 Å². The van der Waals surface area contributed by atoms with Gasteiger partial charge in [0, 0.05) is 18.4 Å². The van der Waals surface area contributed by atoms with E-state index in [9.17, 15) is 0 Å². The van der Waals surface area contributed by atoms with Crippen LogP contribution in [0.25, 0.3) is 0 Å². The quantitative estimate of drug-likeness (QED) is 0.876. The van der Waals surface area contributed by atoms with E-state index in [1.165, 1.54) is 5.56 Å². The largest absolute Gasteiger partial charge is 0.330 e. The Balaban J connectivity index is 2.18. The number of nitrogens with two attached hydrogens (primary N) is 1. The predicted molar refractivity (Wildman–Crippen MR) is 72.3 cm³/mol.